The molecule has 0 heterocycles. The minimum absolute atomic E-state index is 0.515. The Hall–Kier alpha value is -1.32. The van der Waals surface area contributed by atoms with E-state index in [-0.39, 0.29) is 0 Å². The van der Waals surface area contributed by atoms with Gasteiger partial charge in [0.1, 0.15) is 5.75 Å². The van der Waals surface area contributed by atoms with Crippen molar-refractivity contribution in [2.24, 2.45) is 0 Å². The SMILES string of the molecule is COc1cc(C)c(C(O)Cc2ccccc2Br)cc1C. The Morgan fingerprint density at radius 3 is 2.50 bits per heavy atom. The fourth-order valence-corrected chi connectivity index (χ4v) is 2.82. The second-order valence-electron chi connectivity index (χ2n) is 4.99. The summed E-state index contributed by atoms with van der Waals surface area (Å²) in [6.45, 7) is 3.99. The van der Waals surface area contributed by atoms with E-state index in [4.69, 9.17) is 4.74 Å². The highest BCUT2D eigenvalue weighted by atomic mass is 79.9. The number of methoxy groups -OCH3 is 1. The Morgan fingerprint density at radius 2 is 1.85 bits per heavy atom. The smallest absolute Gasteiger partial charge is 0.122 e. The Balaban J connectivity index is 2.28. The molecule has 2 aromatic carbocycles. The number of halogens is 1. The third kappa shape index (κ3) is 3.22. The third-order valence-electron chi connectivity index (χ3n) is 3.51. The Labute approximate surface area is 128 Å². The highest BCUT2D eigenvalue weighted by Crippen LogP contribution is 2.29. The molecule has 2 rings (SSSR count). The first kappa shape index (κ1) is 15.1. The van der Waals surface area contributed by atoms with Gasteiger partial charge in [-0.25, -0.2) is 0 Å². The van der Waals surface area contributed by atoms with Crippen molar-refractivity contribution in [3.8, 4) is 5.75 Å². The molecule has 0 bridgehead atoms. The largest absolute Gasteiger partial charge is 0.496 e. The van der Waals surface area contributed by atoms with Crippen molar-refractivity contribution in [1.82, 2.24) is 0 Å². The zero-order chi connectivity index (χ0) is 14.7. The lowest BCUT2D eigenvalue weighted by Gasteiger charge is -2.17. The van der Waals surface area contributed by atoms with E-state index in [2.05, 4.69) is 15.9 Å². The summed E-state index contributed by atoms with van der Waals surface area (Å²) in [4.78, 5) is 0. The standard InChI is InChI=1S/C17H19BrO2/c1-11-9-17(20-3)12(2)8-14(11)16(19)10-13-6-4-5-7-15(13)18/h4-9,16,19H,10H2,1-3H3. The predicted molar refractivity (Wildman–Crippen MR) is 85.3 cm³/mol. The molecule has 3 heteroatoms. The molecule has 0 radical (unpaired) electrons. The van der Waals surface area contributed by atoms with Crippen molar-refractivity contribution in [2.75, 3.05) is 7.11 Å². The average Bonchev–Trinajstić information content (AvgIpc) is 2.43. The average molecular weight is 335 g/mol. The molecule has 0 spiro atoms. The first-order valence-electron chi connectivity index (χ1n) is 6.59. The molecular weight excluding hydrogens is 316 g/mol. The number of ether oxygens (including phenoxy) is 1. The Morgan fingerprint density at radius 1 is 1.15 bits per heavy atom. The summed E-state index contributed by atoms with van der Waals surface area (Å²) in [5.74, 6) is 0.861. The van der Waals surface area contributed by atoms with E-state index in [1.54, 1.807) is 7.11 Å². The molecule has 0 aromatic heterocycles. The van der Waals surface area contributed by atoms with Crippen molar-refractivity contribution >= 4 is 15.9 Å². The molecule has 0 amide bonds. The molecule has 0 aliphatic heterocycles. The molecular formula is C17H19BrO2. The van der Waals surface area contributed by atoms with Gasteiger partial charge in [0.05, 0.1) is 13.2 Å². The van der Waals surface area contributed by atoms with E-state index < -0.39 is 6.10 Å². The van der Waals surface area contributed by atoms with Gasteiger partial charge in [-0.05, 0) is 54.3 Å². The number of aryl methyl sites for hydroxylation is 2. The van der Waals surface area contributed by atoms with E-state index in [9.17, 15) is 5.11 Å². The van der Waals surface area contributed by atoms with Crippen LogP contribution in [0.4, 0.5) is 0 Å². The van der Waals surface area contributed by atoms with Crippen molar-refractivity contribution in [1.29, 1.82) is 0 Å². The van der Waals surface area contributed by atoms with Gasteiger partial charge in [-0.3, -0.25) is 0 Å². The van der Waals surface area contributed by atoms with Gasteiger partial charge in [0.25, 0.3) is 0 Å². The van der Waals surface area contributed by atoms with Gasteiger partial charge in [-0.2, -0.15) is 0 Å². The summed E-state index contributed by atoms with van der Waals surface area (Å²) < 4.78 is 6.34. The monoisotopic (exact) mass is 334 g/mol. The third-order valence-corrected chi connectivity index (χ3v) is 4.29. The highest BCUT2D eigenvalue weighted by molar-refractivity contribution is 9.10. The number of aliphatic hydroxyl groups excluding tert-OH is 1. The first-order valence-corrected chi connectivity index (χ1v) is 7.39. The summed E-state index contributed by atoms with van der Waals surface area (Å²) in [5.41, 5.74) is 4.15. The van der Waals surface area contributed by atoms with Crippen LogP contribution in [0.2, 0.25) is 0 Å². The Bertz CT molecular complexity index is 608. The molecule has 1 atom stereocenters. The van der Waals surface area contributed by atoms with E-state index in [1.165, 1.54) is 0 Å². The predicted octanol–water partition coefficient (Wildman–Crippen LogP) is 4.35. The highest BCUT2D eigenvalue weighted by Gasteiger charge is 2.14. The van der Waals surface area contributed by atoms with E-state index in [0.29, 0.717) is 6.42 Å². The van der Waals surface area contributed by atoms with Crippen molar-refractivity contribution in [2.45, 2.75) is 26.4 Å². The quantitative estimate of drug-likeness (QED) is 0.900. The van der Waals surface area contributed by atoms with Crippen LogP contribution in [0.5, 0.6) is 5.75 Å². The van der Waals surface area contributed by atoms with Crippen LogP contribution in [-0.4, -0.2) is 12.2 Å². The molecule has 0 aliphatic carbocycles. The van der Waals surface area contributed by atoms with Gasteiger partial charge in [-0.1, -0.05) is 34.1 Å². The number of hydrogen-bond acceptors (Lipinski definition) is 2. The molecule has 1 N–H and O–H groups in total. The van der Waals surface area contributed by atoms with Crippen LogP contribution in [0.15, 0.2) is 40.9 Å². The van der Waals surface area contributed by atoms with E-state index in [0.717, 1.165) is 32.5 Å². The van der Waals surface area contributed by atoms with Gasteiger partial charge in [0, 0.05) is 10.9 Å². The fourth-order valence-electron chi connectivity index (χ4n) is 2.37. The molecule has 1 unspecified atom stereocenters. The van der Waals surface area contributed by atoms with E-state index in [1.807, 2.05) is 50.2 Å². The summed E-state index contributed by atoms with van der Waals surface area (Å²) in [6, 6.07) is 12.0. The van der Waals surface area contributed by atoms with Crippen LogP contribution in [0, 0.1) is 13.8 Å². The molecule has 0 saturated carbocycles. The van der Waals surface area contributed by atoms with Gasteiger partial charge < -0.3 is 9.84 Å². The number of benzene rings is 2. The lowest BCUT2D eigenvalue weighted by atomic mass is 9.95. The maximum atomic E-state index is 10.5. The van der Waals surface area contributed by atoms with Crippen LogP contribution in [0.3, 0.4) is 0 Å². The van der Waals surface area contributed by atoms with Crippen LogP contribution >= 0.6 is 15.9 Å². The number of hydrogen-bond donors (Lipinski definition) is 1. The lowest BCUT2D eigenvalue weighted by molar-refractivity contribution is 0.177. The van der Waals surface area contributed by atoms with Crippen molar-refractivity contribution < 1.29 is 9.84 Å². The van der Waals surface area contributed by atoms with Crippen LogP contribution < -0.4 is 4.74 Å². The zero-order valence-corrected chi connectivity index (χ0v) is 13.6. The molecule has 0 aliphatic rings. The van der Waals surface area contributed by atoms with Gasteiger partial charge >= 0.3 is 0 Å². The Kier molecular flexibility index (Phi) is 4.84. The molecule has 2 nitrogen and oxygen atoms in total. The van der Waals surface area contributed by atoms with Crippen LogP contribution in [0.25, 0.3) is 0 Å². The zero-order valence-electron chi connectivity index (χ0n) is 12.0. The molecule has 0 fully saturated rings. The number of rotatable bonds is 4. The molecule has 0 saturated heterocycles. The number of aliphatic hydroxyl groups is 1. The lowest BCUT2D eigenvalue weighted by Crippen LogP contribution is -2.05. The van der Waals surface area contributed by atoms with Crippen molar-refractivity contribution in [3.63, 3.8) is 0 Å². The van der Waals surface area contributed by atoms with Gasteiger partial charge in [0.15, 0.2) is 0 Å². The summed E-state index contributed by atoms with van der Waals surface area (Å²) in [6.07, 6.45) is 0.0758. The van der Waals surface area contributed by atoms with Gasteiger partial charge in [0.2, 0.25) is 0 Å². The minimum atomic E-state index is -0.515. The molecule has 2 aromatic rings. The van der Waals surface area contributed by atoms with Crippen molar-refractivity contribution in [3.05, 3.63) is 63.1 Å². The van der Waals surface area contributed by atoms with Crippen LogP contribution in [-0.2, 0) is 6.42 Å². The maximum Gasteiger partial charge on any atom is 0.122 e. The maximum absolute atomic E-state index is 10.5. The summed E-state index contributed by atoms with van der Waals surface area (Å²) in [5, 5.41) is 10.5. The summed E-state index contributed by atoms with van der Waals surface area (Å²) in [7, 11) is 1.67. The second kappa shape index (κ2) is 6.42. The topological polar surface area (TPSA) is 29.5 Å². The van der Waals surface area contributed by atoms with E-state index >= 15 is 0 Å². The normalized spacial score (nSPS) is 12.2. The molecule has 106 valence electrons. The molecule has 20 heavy (non-hydrogen) atoms. The van der Waals surface area contributed by atoms with Gasteiger partial charge in [-0.15, -0.1) is 0 Å². The second-order valence-corrected chi connectivity index (χ2v) is 5.84. The first-order chi connectivity index (χ1) is 9.52. The summed E-state index contributed by atoms with van der Waals surface area (Å²) >= 11 is 3.52. The minimum Gasteiger partial charge on any atom is -0.496 e. The van der Waals surface area contributed by atoms with Crippen LogP contribution in [0.1, 0.15) is 28.4 Å². The fraction of sp³-hybridized carbons (Fsp3) is 0.294.